The van der Waals surface area contributed by atoms with Crippen molar-refractivity contribution >= 4 is 6.20 Å². The average Bonchev–Trinajstić information content (AvgIpc) is 2.34. The van der Waals surface area contributed by atoms with E-state index in [-0.39, 0.29) is 6.10 Å². The first kappa shape index (κ1) is 8.01. The number of aliphatic hydroxyl groups excluding tert-OH is 1. The molecule has 1 aromatic rings. The largest absolute Gasteiger partial charge is 0.393 e. The van der Waals surface area contributed by atoms with E-state index in [0.29, 0.717) is 6.42 Å². The van der Waals surface area contributed by atoms with Crippen molar-refractivity contribution in [2.45, 2.75) is 19.4 Å². The SMILES string of the molecule is C=Cn1cc(C[C@@H](C)O)cn1. The van der Waals surface area contributed by atoms with Crippen LogP contribution >= 0.6 is 0 Å². The van der Waals surface area contributed by atoms with Crippen LogP contribution in [0.15, 0.2) is 19.0 Å². The molecule has 0 spiro atoms. The smallest absolute Gasteiger partial charge is 0.0553 e. The Balaban J connectivity index is 2.65. The molecule has 11 heavy (non-hydrogen) atoms. The Labute approximate surface area is 66.0 Å². The molecule has 3 nitrogen and oxygen atoms in total. The molecule has 0 aliphatic rings. The van der Waals surface area contributed by atoms with Gasteiger partial charge in [0.25, 0.3) is 0 Å². The van der Waals surface area contributed by atoms with Gasteiger partial charge in [-0.2, -0.15) is 5.10 Å². The molecule has 0 saturated carbocycles. The fourth-order valence-electron chi connectivity index (χ4n) is 0.924. The van der Waals surface area contributed by atoms with Crippen LogP contribution in [0, 0.1) is 0 Å². The van der Waals surface area contributed by atoms with Gasteiger partial charge in [0.05, 0.1) is 12.3 Å². The molecule has 1 atom stereocenters. The second-order valence-electron chi connectivity index (χ2n) is 2.56. The Morgan fingerprint density at radius 3 is 3.09 bits per heavy atom. The minimum absolute atomic E-state index is 0.308. The van der Waals surface area contributed by atoms with Gasteiger partial charge in [-0.1, -0.05) is 6.58 Å². The maximum Gasteiger partial charge on any atom is 0.0553 e. The van der Waals surface area contributed by atoms with Crippen LogP contribution in [0.3, 0.4) is 0 Å². The normalized spacial score (nSPS) is 12.9. The molecule has 1 aromatic heterocycles. The van der Waals surface area contributed by atoms with E-state index in [4.69, 9.17) is 5.11 Å². The molecular weight excluding hydrogens is 140 g/mol. The number of rotatable bonds is 3. The lowest BCUT2D eigenvalue weighted by molar-refractivity contribution is 0.195. The van der Waals surface area contributed by atoms with E-state index in [0.717, 1.165) is 5.56 Å². The van der Waals surface area contributed by atoms with Gasteiger partial charge in [0.2, 0.25) is 0 Å². The number of nitrogens with zero attached hydrogens (tertiary/aromatic N) is 2. The minimum atomic E-state index is -0.308. The van der Waals surface area contributed by atoms with Crippen molar-refractivity contribution in [3.8, 4) is 0 Å². The van der Waals surface area contributed by atoms with Gasteiger partial charge in [-0.05, 0) is 12.5 Å². The van der Waals surface area contributed by atoms with Gasteiger partial charge < -0.3 is 5.11 Å². The van der Waals surface area contributed by atoms with Crippen molar-refractivity contribution < 1.29 is 5.11 Å². The molecule has 0 aliphatic carbocycles. The molecule has 1 heterocycles. The van der Waals surface area contributed by atoms with Crippen LogP contribution in [-0.2, 0) is 6.42 Å². The summed E-state index contributed by atoms with van der Waals surface area (Å²) in [6, 6.07) is 0. The zero-order valence-corrected chi connectivity index (χ0v) is 6.57. The number of aromatic nitrogens is 2. The summed E-state index contributed by atoms with van der Waals surface area (Å²) in [6.45, 7) is 5.32. The van der Waals surface area contributed by atoms with Crippen molar-refractivity contribution in [2.75, 3.05) is 0 Å². The van der Waals surface area contributed by atoms with Crippen LogP contribution in [0.1, 0.15) is 12.5 Å². The van der Waals surface area contributed by atoms with Crippen LogP contribution in [0.4, 0.5) is 0 Å². The Morgan fingerprint density at radius 1 is 1.91 bits per heavy atom. The summed E-state index contributed by atoms with van der Waals surface area (Å²) in [7, 11) is 0. The van der Waals surface area contributed by atoms with Crippen molar-refractivity contribution in [2.24, 2.45) is 0 Å². The first-order chi connectivity index (χ1) is 5.22. The Morgan fingerprint density at radius 2 is 2.64 bits per heavy atom. The minimum Gasteiger partial charge on any atom is -0.393 e. The maximum absolute atomic E-state index is 9.02. The van der Waals surface area contributed by atoms with Gasteiger partial charge in [0.1, 0.15) is 0 Å². The molecule has 0 unspecified atom stereocenters. The first-order valence-electron chi connectivity index (χ1n) is 3.56. The monoisotopic (exact) mass is 152 g/mol. The van der Waals surface area contributed by atoms with E-state index in [1.807, 2.05) is 6.20 Å². The lowest BCUT2D eigenvalue weighted by Crippen LogP contribution is -2.02. The molecule has 0 saturated heterocycles. The molecule has 1 N–H and O–H groups in total. The lowest BCUT2D eigenvalue weighted by atomic mass is 10.2. The topological polar surface area (TPSA) is 38.0 Å². The van der Waals surface area contributed by atoms with Gasteiger partial charge in [-0.15, -0.1) is 0 Å². The highest BCUT2D eigenvalue weighted by atomic mass is 16.3. The van der Waals surface area contributed by atoms with Crippen LogP contribution in [0.2, 0.25) is 0 Å². The summed E-state index contributed by atoms with van der Waals surface area (Å²) in [4.78, 5) is 0. The zero-order valence-electron chi connectivity index (χ0n) is 6.57. The summed E-state index contributed by atoms with van der Waals surface area (Å²) in [5.41, 5.74) is 1.03. The third-order valence-corrected chi connectivity index (χ3v) is 1.37. The molecule has 1 rings (SSSR count). The molecule has 60 valence electrons. The molecule has 0 aliphatic heterocycles. The van der Waals surface area contributed by atoms with Crippen LogP contribution in [0.5, 0.6) is 0 Å². The summed E-state index contributed by atoms with van der Waals surface area (Å²) in [5.74, 6) is 0. The number of aliphatic hydroxyl groups is 1. The molecule has 0 aromatic carbocycles. The zero-order chi connectivity index (χ0) is 8.27. The standard InChI is InChI=1S/C8H12N2O/c1-3-10-6-8(5-9-10)4-7(2)11/h3,5-7,11H,1,4H2,2H3/t7-/m1/s1. The van der Waals surface area contributed by atoms with Gasteiger partial charge in [0, 0.05) is 18.8 Å². The van der Waals surface area contributed by atoms with Gasteiger partial charge in [-0.3, -0.25) is 0 Å². The first-order valence-corrected chi connectivity index (χ1v) is 3.56. The molecular formula is C8H12N2O. The van der Waals surface area contributed by atoms with E-state index >= 15 is 0 Å². The second-order valence-corrected chi connectivity index (χ2v) is 2.56. The lowest BCUT2D eigenvalue weighted by Gasteiger charge is -1.98. The third kappa shape index (κ3) is 2.20. The molecule has 0 radical (unpaired) electrons. The van der Waals surface area contributed by atoms with Crippen molar-refractivity contribution in [3.05, 3.63) is 24.5 Å². The van der Waals surface area contributed by atoms with E-state index in [9.17, 15) is 0 Å². The highest BCUT2D eigenvalue weighted by molar-refractivity contribution is 5.17. The summed E-state index contributed by atoms with van der Waals surface area (Å²) >= 11 is 0. The maximum atomic E-state index is 9.02. The van der Waals surface area contributed by atoms with Crippen molar-refractivity contribution in [1.29, 1.82) is 0 Å². The summed E-state index contributed by atoms with van der Waals surface area (Å²) < 4.78 is 1.62. The van der Waals surface area contributed by atoms with E-state index in [2.05, 4.69) is 11.7 Å². The van der Waals surface area contributed by atoms with E-state index in [1.165, 1.54) is 0 Å². The summed E-state index contributed by atoms with van der Waals surface area (Å²) in [5, 5.41) is 13.0. The quantitative estimate of drug-likeness (QED) is 0.699. The molecule has 0 fully saturated rings. The summed E-state index contributed by atoms with van der Waals surface area (Å²) in [6.07, 6.45) is 5.53. The highest BCUT2D eigenvalue weighted by Crippen LogP contribution is 2.01. The Kier molecular flexibility index (Phi) is 2.44. The predicted octanol–water partition coefficient (Wildman–Crippen LogP) is 0.907. The molecule has 0 bridgehead atoms. The van der Waals surface area contributed by atoms with E-state index < -0.39 is 0 Å². The Hall–Kier alpha value is -1.09. The fraction of sp³-hybridized carbons (Fsp3) is 0.375. The highest BCUT2D eigenvalue weighted by Gasteiger charge is 2.00. The van der Waals surface area contributed by atoms with Gasteiger partial charge >= 0.3 is 0 Å². The fourth-order valence-corrected chi connectivity index (χ4v) is 0.924. The van der Waals surface area contributed by atoms with Crippen LogP contribution in [-0.4, -0.2) is 21.0 Å². The Bertz CT molecular complexity index is 240. The van der Waals surface area contributed by atoms with Crippen molar-refractivity contribution in [1.82, 2.24) is 9.78 Å². The molecule has 3 heteroatoms. The predicted molar refractivity (Wildman–Crippen MR) is 44.0 cm³/mol. The average molecular weight is 152 g/mol. The second kappa shape index (κ2) is 3.34. The van der Waals surface area contributed by atoms with E-state index in [1.54, 1.807) is 24.0 Å². The number of hydrogen-bond acceptors (Lipinski definition) is 2. The van der Waals surface area contributed by atoms with Crippen LogP contribution in [0.25, 0.3) is 6.20 Å². The van der Waals surface area contributed by atoms with Gasteiger partial charge in [0.15, 0.2) is 0 Å². The van der Waals surface area contributed by atoms with Crippen LogP contribution < -0.4 is 0 Å². The number of hydrogen-bond donors (Lipinski definition) is 1. The van der Waals surface area contributed by atoms with Crippen molar-refractivity contribution in [3.63, 3.8) is 0 Å². The third-order valence-electron chi connectivity index (χ3n) is 1.37. The molecule has 0 amide bonds. The van der Waals surface area contributed by atoms with Gasteiger partial charge in [-0.25, -0.2) is 4.68 Å².